The molecule has 35 heavy (non-hydrogen) atoms. The van der Waals surface area contributed by atoms with E-state index in [-0.39, 0.29) is 30.2 Å². The van der Waals surface area contributed by atoms with Crippen molar-refractivity contribution in [1.29, 1.82) is 0 Å². The van der Waals surface area contributed by atoms with Gasteiger partial charge in [0, 0.05) is 29.6 Å². The quantitative estimate of drug-likeness (QED) is 0.479. The Balaban J connectivity index is 1.41. The second-order valence-electron chi connectivity index (χ2n) is 9.44. The van der Waals surface area contributed by atoms with E-state index in [0.29, 0.717) is 24.9 Å². The summed E-state index contributed by atoms with van der Waals surface area (Å²) in [5, 5.41) is 1.09. The van der Waals surface area contributed by atoms with E-state index in [9.17, 15) is 14.0 Å². The lowest BCUT2D eigenvalue weighted by Gasteiger charge is -2.47. The number of carbonyl (C=O) groups is 2. The third-order valence-electron chi connectivity index (χ3n) is 7.43. The molecule has 6 heteroatoms. The van der Waals surface area contributed by atoms with Crippen molar-refractivity contribution in [2.45, 2.75) is 31.8 Å². The van der Waals surface area contributed by atoms with Crippen molar-refractivity contribution >= 4 is 22.7 Å². The predicted molar refractivity (Wildman–Crippen MR) is 132 cm³/mol. The van der Waals surface area contributed by atoms with Gasteiger partial charge in [0.05, 0.1) is 12.6 Å². The molecule has 1 N–H and O–H groups in total. The van der Waals surface area contributed by atoms with E-state index in [4.69, 9.17) is 0 Å². The van der Waals surface area contributed by atoms with Crippen molar-refractivity contribution in [3.05, 3.63) is 107 Å². The Labute approximate surface area is 203 Å². The topological polar surface area (TPSA) is 56.4 Å². The summed E-state index contributed by atoms with van der Waals surface area (Å²) in [6.45, 7) is 2.35. The van der Waals surface area contributed by atoms with Crippen LogP contribution < -0.4 is 0 Å². The fourth-order valence-corrected chi connectivity index (χ4v) is 5.69. The fourth-order valence-electron chi connectivity index (χ4n) is 5.69. The maximum absolute atomic E-state index is 14.2. The Morgan fingerprint density at radius 3 is 2.54 bits per heavy atom. The van der Waals surface area contributed by atoms with Gasteiger partial charge in [-0.2, -0.15) is 0 Å². The van der Waals surface area contributed by atoms with Crippen LogP contribution in [0.25, 0.3) is 10.9 Å². The molecule has 1 aromatic heterocycles. The van der Waals surface area contributed by atoms with Gasteiger partial charge in [0.2, 0.25) is 11.8 Å². The molecule has 2 aliphatic heterocycles. The molecule has 0 saturated carbocycles. The van der Waals surface area contributed by atoms with Crippen LogP contribution in [0.4, 0.5) is 4.39 Å². The number of aryl methyl sites for hydroxylation is 1. The van der Waals surface area contributed by atoms with Crippen LogP contribution in [-0.4, -0.2) is 45.7 Å². The van der Waals surface area contributed by atoms with Gasteiger partial charge in [-0.3, -0.25) is 9.59 Å². The van der Waals surface area contributed by atoms with Gasteiger partial charge in [-0.15, -0.1) is 0 Å². The minimum atomic E-state index is -0.590. The molecule has 0 aliphatic carbocycles. The number of nitrogens with zero attached hydrogens (tertiary/aromatic N) is 2. The number of para-hydroxylation sites is 1. The smallest absolute Gasteiger partial charge is 0.246 e. The number of hydrogen-bond acceptors (Lipinski definition) is 2. The van der Waals surface area contributed by atoms with Crippen LogP contribution in [0.3, 0.4) is 0 Å². The van der Waals surface area contributed by atoms with Crippen molar-refractivity contribution < 1.29 is 14.0 Å². The molecule has 5 nitrogen and oxygen atoms in total. The van der Waals surface area contributed by atoms with Gasteiger partial charge in [0.15, 0.2) is 0 Å². The maximum Gasteiger partial charge on any atom is 0.246 e. The van der Waals surface area contributed by atoms with Crippen molar-refractivity contribution in [2.24, 2.45) is 0 Å². The first-order chi connectivity index (χ1) is 17.0. The van der Waals surface area contributed by atoms with Crippen LogP contribution in [0.5, 0.6) is 0 Å². The first kappa shape index (κ1) is 21.6. The number of nitrogens with one attached hydrogen (secondary N) is 1. The molecule has 0 bridgehead atoms. The number of aromatic nitrogens is 1. The molecular weight excluding hydrogens is 441 g/mol. The summed E-state index contributed by atoms with van der Waals surface area (Å²) >= 11 is 0. The van der Waals surface area contributed by atoms with Gasteiger partial charge in [-0.1, -0.05) is 60.7 Å². The number of amides is 2. The molecule has 3 heterocycles. The lowest BCUT2D eigenvalue weighted by atomic mass is 9.85. The summed E-state index contributed by atoms with van der Waals surface area (Å²) in [6.07, 6.45) is 0.834. The second-order valence-corrected chi connectivity index (χ2v) is 9.44. The SMILES string of the molecule is Cc1ccccc1[C@H]1c2[nH]c3ccccc3c2C[C@H]2C(=O)N(CCc3ccccc3F)CC(=O)N12. The third kappa shape index (κ3) is 3.52. The van der Waals surface area contributed by atoms with Gasteiger partial charge >= 0.3 is 0 Å². The van der Waals surface area contributed by atoms with Gasteiger partial charge in [0.1, 0.15) is 11.9 Å². The van der Waals surface area contributed by atoms with Crippen LogP contribution in [0.2, 0.25) is 0 Å². The van der Waals surface area contributed by atoms with Gasteiger partial charge < -0.3 is 14.8 Å². The van der Waals surface area contributed by atoms with Gasteiger partial charge in [0.25, 0.3) is 0 Å². The van der Waals surface area contributed by atoms with E-state index in [1.807, 2.05) is 49.4 Å². The average molecular weight is 468 g/mol. The van der Waals surface area contributed by atoms with Crippen LogP contribution >= 0.6 is 0 Å². The lowest BCUT2D eigenvalue weighted by Crippen LogP contribution is -2.63. The molecular formula is C29H26FN3O2. The largest absolute Gasteiger partial charge is 0.356 e. The highest BCUT2D eigenvalue weighted by Gasteiger charge is 2.48. The summed E-state index contributed by atoms with van der Waals surface area (Å²) < 4.78 is 14.2. The first-order valence-electron chi connectivity index (χ1n) is 12.0. The summed E-state index contributed by atoms with van der Waals surface area (Å²) in [4.78, 5) is 34.3. The van der Waals surface area contributed by atoms with E-state index < -0.39 is 6.04 Å². The molecule has 176 valence electrons. The molecule has 6 rings (SSSR count). The Hall–Kier alpha value is -3.93. The highest BCUT2D eigenvalue weighted by atomic mass is 19.1. The summed E-state index contributed by atoms with van der Waals surface area (Å²) in [5.74, 6) is -0.443. The number of halogens is 1. The maximum atomic E-state index is 14.2. The number of rotatable bonds is 4. The Morgan fingerprint density at radius 1 is 0.971 bits per heavy atom. The van der Waals surface area contributed by atoms with E-state index in [1.165, 1.54) is 6.07 Å². The summed E-state index contributed by atoms with van der Waals surface area (Å²) in [7, 11) is 0. The Bertz CT molecular complexity index is 1460. The summed E-state index contributed by atoms with van der Waals surface area (Å²) in [6, 6.07) is 21.8. The van der Waals surface area contributed by atoms with Crippen molar-refractivity contribution in [3.63, 3.8) is 0 Å². The Kier molecular flexibility index (Phi) is 5.17. The molecule has 2 aliphatic rings. The summed E-state index contributed by atoms with van der Waals surface area (Å²) in [5.41, 5.74) is 5.73. The van der Waals surface area contributed by atoms with Crippen molar-refractivity contribution in [1.82, 2.24) is 14.8 Å². The second kappa shape index (κ2) is 8.38. The van der Waals surface area contributed by atoms with E-state index >= 15 is 0 Å². The van der Waals surface area contributed by atoms with Gasteiger partial charge in [-0.25, -0.2) is 4.39 Å². The highest BCUT2D eigenvalue weighted by molar-refractivity contribution is 5.97. The molecule has 2 amide bonds. The van der Waals surface area contributed by atoms with Crippen LogP contribution in [0.15, 0.2) is 72.8 Å². The first-order valence-corrected chi connectivity index (χ1v) is 12.0. The van der Waals surface area contributed by atoms with E-state index in [0.717, 1.165) is 33.3 Å². The molecule has 0 unspecified atom stereocenters. The van der Waals surface area contributed by atoms with E-state index in [2.05, 4.69) is 11.1 Å². The minimum absolute atomic E-state index is 0.00172. The number of benzene rings is 3. The van der Waals surface area contributed by atoms with Crippen LogP contribution in [-0.2, 0) is 22.4 Å². The minimum Gasteiger partial charge on any atom is -0.356 e. The number of hydrogen-bond donors (Lipinski definition) is 1. The molecule has 3 aromatic carbocycles. The number of fused-ring (bicyclic) bond motifs is 4. The molecule has 1 fully saturated rings. The predicted octanol–water partition coefficient (Wildman–Crippen LogP) is 4.54. The lowest BCUT2D eigenvalue weighted by molar-refractivity contribution is -0.158. The molecule has 0 spiro atoms. The number of carbonyl (C=O) groups excluding carboxylic acids is 2. The van der Waals surface area contributed by atoms with Crippen LogP contribution in [0, 0.1) is 12.7 Å². The van der Waals surface area contributed by atoms with Crippen LogP contribution in [0.1, 0.15) is 34.0 Å². The van der Waals surface area contributed by atoms with Crippen molar-refractivity contribution in [2.75, 3.05) is 13.1 Å². The zero-order chi connectivity index (χ0) is 24.1. The fraction of sp³-hybridized carbons (Fsp3) is 0.241. The molecule has 2 atom stereocenters. The third-order valence-corrected chi connectivity index (χ3v) is 7.43. The zero-order valence-electron chi connectivity index (χ0n) is 19.5. The molecule has 0 radical (unpaired) electrons. The average Bonchev–Trinajstić information content (AvgIpc) is 3.24. The standard InChI is InChI=1S/C29H26FN3O2/c1-18-8-2-4-10-20(18)28-27-22(21-11-5-7-13-24(21)31-27)16-25-29(35)32(17-26(34)33(25)28)15-14-19-9-3-6-12-23(19)30/h2-13,25,28,31H,14-17H2,1H3/t25-,28-/m0/s1. The molecule has 4 aromatic rings. The Morgan fingerprint density at radius 2 is 1.71 bits per heavy atom. The van der Waals surface area contributed by atoms with Crippen molar-refractivity contribution in [3.8, 4) is 0 Å². The number of piperazine rings is 1. The normalized spacial score (nSPS) is 19.7. The zero-order valence-corrected chi connectivity index (χ0v) is 19.5. The highest BCUT2D eigenvalue weighted by Crippen LogP contribution is 2.43. The number of H-pyrrole nitrogens is 1. The molecule has 1 saturated heterocycles. The van der Waals surface area contributed by atoms with E-state index in [1.54, 1.807) is 28.0 Å². The number of aromatic amines is 1. The van der Waals surface area contributed by atoms with Gasteiger partial charge in [-0.05, 0) is 47.7 Å². The monoisotopic (exact) mass is 467 g/mol.